The van der Waals surface area contributed by atoms with Crippen molar-refractivity contribution in [1.29, 1.82) is 0 Å². The normalized spacial score (nSPS) is 11.5. The predicted octanol–water partition coefficient (Wildman–Crippen LogP) is 4.41. The molecule has 0 amide bonds. The van der Waals surface area contributed by atoms with Crippen molar-refractivity contribution in [2.75, 3.05) is 0 Å². The second-order valence-corrected chi connectivity index (χ2v) is 7.27. The zero-order valence-electron chi connectivity index (χ0n) is 16.0. The molecule has 3 rings (SSSR count). The molecule has 0 unspecified atom stereocenters. The van der Waals surface area contributed by atoms with Gasteiger partial charge in [0, 0.05) is 6.07 Å². The molecule has 4 nitrogen and oxygen atoms in total. The van der Waals surface area contributed by atoms with Crippen LogP contribution in [-0.2, 0) is 0 Å². The first-order valence-corrected chi connectivity index (χ1v) is 8.92. The quantitative estimate of drug-likeness (QED) is 0.662. The van der Waals surface area contributed by atoms with Crippen LogP contribution in [-0.4, -0.2) is 14.5 Å². The van der Waals surface area contributed by atoms with Crippen LogP contribution in [0.5, 0.6) is 0 Å². The lowest BCUT2D eigenvalue weighted by atomic mass is 9.92. The maximum atomic E-state index is 4.56. The topological polar surface area (TPSA) is 34.6 Å². The van der Waals surface area contributed by atoms with Gasteiger partial charge in [-0.25, -0.2) is 0 Å². The minimum Gasteiger partial charge on any atom is -0.253 e. The molecule has 0 saturated carbocycles. The van der Waals surface area contributed by atoms with E-state index >= 15 is 0 Å². The summed E-state index contributed by atoms with van der Waals surface area (Å²) in [5.41, 5.74) is 5.95. The van der Waals surface area contributed by atoms with Crippen LogP contribution in [0.3, 0.4) is 0 Å². The zero-order chi connectivity index (χ0) is 18.1. The molecule has 2 heterocycles. The number of aromatic nitrogens is 4. The van der Waals surface area contributed by atoms with Gasteiger partial charge < -0.3 is 0 Å². The molecule has 130 valence electrons. The van der Waals surface area contributed by atoms with Crippen LogP contribution >= 0.6 is 0 Å². The smallest absolute Gasteiger partial charge is 0.253 e. The standard InChI is InChI=1S/C21H27N4/c1-14(2)18-8-7-9-19(15(3)4)20(18)24-10-11-25(13-24)21-22-16(5)12-17(6)23-21/h7-15H,1-6H3/q+1. The van der Waals surface area contributed by atoms with E-state index in [0.29, 0.717) is 17.8 Å². The first kappa shape index (κ1) is 17.3. The van der Waals surface area contributed by atoms with E-state index in [2.05, 4.69) is 73.0 Å². The summed E-state index contributed by atoms with van der Waals surface area (Å²) in [6, 6.07) is 8.61. The Morgan fingerprint density at radius 1 is 0.920 bits per heavy atom. The number of benzene rings is 1. The Morgan fingerprint density at radius 2 is 1.48 bits per heavy atom. The minimum absolute atomic E-state index is 0.460. The fraction of sp³-hybridized carbons (Fsp3) is 0.381. The first-order valence-electron chi connectivity index (χ1n) is 8.92. The van der Waals surface area contributed by atoms with Crippen LogP contribution in [0.1, 0.15) is 62.0 Å². The molecule has 25 heavy (non-hydrogen) atoms. The molecule has 0 aliphatic carbocycles. The van der Waals surface area contributed by atoms with Gasteiger partial charge in [0.25, 0.3) is 0 Å². The summed E-state index contributed by atoms with van der Waals surface area (Å²) in [6.45, 7) is 13.0. The van der Waals surface area contributed by atoms with Crippen molar-refractivity contribution in [3.63, 3.8) is 0 Å². The Hall–Kier alpha value is -2.49. The monoisotopic (exact) mass is 335 g/mol. The van der Waals surface area contributed by atoms with Crippen LogP contribution in [0, 0.1) is 13.8 Å². The molecule has 0 bridgehead atoms. The Bertz CT molecular complexity index is 844. The van der Waals surface area contributed by atoms with E-state index < -0.39 is 0 Å². The van der Waals surface area contributed by atoms with Crippen LogP contribution in [0.2, 0.25) is 0 Å². The highest BCUT2D eigenvalue weighted by atomic mass is 15.2. The maximum absolute atomic E-state index is 4.56. The van der Waals surface area contributed by atoms with Crippen molar-refractivity contribution in [3.05, 3.63) is 65.5 Å². The van der Waals surface area contributed by atoms with Gasteiger partial charge in [0.2, 0.25) is 0 Å². The lowest BCUT2D eigenvalue weighted by Gasteiger charge is -2.18. The van der Waals surface area contributed by atoms with E-state index in [1.54, 1.807) is 0 Å². The number of aryl methyl sites for hydroxylation is 2. The molecule has 0 aliphatic heterocycles. The second kappa shape index (κ2) is 6.79. The first-order chi connectivity index (χ1) is 11.9. The second-order valence-electron chi connectivity index (χ2n) is 7.27. The zero-order valence-corrected chi connectivity index (χ0v) is 16.0. The predicted molar refractivity (Wildman–Crippen MR) is 101 cm³/mol. The number of imidazole rings is 1. The van der Waals surface area contributed by atoms with Gasteiger partial charge in [0.05, 0.1) is 18.1 Å². The third kappa shape index (κ3) is 3.48. The number of hydrogen-bond acceptors (Lipinski definition) is 2. The average Bonchev–Trinajstić information content (AvgIpc) is 3.02. The molecule has 3 aromatic rings. The number of nitrogens with zero attached hydrogens (tertiary/aromatic N) is 4. The summed E-state index contributed by atoms with van der Waals surface area (Å²) in [4.78, 5) is 9.13. The van der Waals surface area contributed by atoms with Gasteiger partial charge in [0.1, 0.15) is 11.4 Å². The average molecular weight is 335 g/mol. The van der Waals surface area contributed by atoms with Gasteiger partial charge in [0.15, 0.2) is 6.33 Å². The summed E-state index contributed by atoms with van der Waals surface area (Å²) in [5.74, 6) is 1.63. The van der Waals surface area contributed by atoms with E-state index in [0.717, 1.165) is 11.4 Å². The van der Waals surface area contributed by atoms with Gasteiger partial charge in [-0.3, -0.25) is 4.57 Å². The summed E-state index contributed by atoms with van der Waals surface area (Å²) in [7, 11) is 0. The Morgan fingerprint density at radius 3 is 2.00 bits per heavy atom. The third-order valence-electron chi connectivity index (χ3n) is 4.44. The Kier molecular flexibility index (Phi) is 4.71. The van der Waals surface area contributed by atoms with Crippen LogP contribution < -0.4 is 4.57 Å². The van der Waals surface area contributed by atoms with Crippen LogP contribution in [0.15, 0.2) is 43.0 Å². The maximum Gasteiger partial charge on any atom is 0.389 e. The molecule has 4 heteroatoms. The molecule has 2 aromatic heterocycles. The van der Waals surface area contributed by atoms with Crippen molar-refractivity contribution in [3.8, 4) is 11.6 Å². The number of rotatable bonds is 4. The molecule has 0 N–H and O–H groups in total. The molecular weight excluding hydrogens is 308 g/mol. The van der Waals surface area contributed by atoms with Gasteiger partial charge in [-0.2, -0.15) is 4.57 Å². The van der Waals surface area contributed by atoms with E-state index in [1.807, 2.05) is 30.7 Å². The van der Waals surface area contributed by atoms with Crippen molar-refractivity contribution >= 4 is 0 Å². The third-order valence-corrected chi connectivity index (χ3v) is 4.44. The SMILES string of the molecule is Cc1cc(C)nc(-[n+]2ccn(-c3c(C(C)C)cccc3C(C)C)c2)n1. The fourth-order valence-corrected chi connectivity index (χ4v) is 3.24. The summed E-state index contributed by atoms with van der Waals surface area (Å²) in [6.07, 6.45) is 6.19. The molecule has 0 spiro atoms. The molecule has 0 aliphatic rings. The van der Waals surface area contributed by atoms with Gasteiger partial charge >= 0.3 is 5.95 Å². The highest BCUT2D eigenvalue weighted by Gasteiger charge is 2.19. The Balaban J connectivity index is 2.14. The Labute approximate surface area is 150 Å². The molecular formula is C21H27N4+. The van der Waals surface area contributed by atoms with Crippen molar-refractivity contribution in [1.82, 2.24) is 14.5 Å². The van der Waals surface area contributed by atoms with Gasteiger partial charge in [-0.1, -0.05) is 45.9 Å². The van der Waals surface area contributed by atoms with E-state index in [4.69, 9.17) is 0 Å². The molecule has 0 atom stereocenters. The van der Waals surface area contributed by atoms with Crippen molar-refractivity contribution in [2.24, 2.45) is 0 Å². The van der Waals surface area contributed by atoms with Gasteiger partial charge in [-0.05, 0) is 36.8 Å². The van der Waals surface area contributed by atoms with E-state index in [1.165, 1.54) is 16.8 Å². The van der Waals surface area contributed by atoms with Crippen LogP contribution in [0.25, 0.3) is 11.6 Å². The lowest BCUT2D eigenvalue weighted by Crippen LogP contribution is -2.31. The minimum atomic E-state index is 0.460. The lowest BCUT2D eigenvalue weighted by molar-refractivity contribution is -0.602. The number of hydrogen-bond donors (Lipinski definition) is 0. The number of para-hydroxylation sites is 1. The largest absolute Gasteiger partial charge is 0.389 e. The van der Waals surface area contributed by atoms with Crippen LogP contribution in [0.4, 0.5) is 0 Å². The summed E-state index contributed by atoms with van der Waals surface area (Å²) >= 11 is 0. The molecule has 0 radical (unpaired) electrons. The van der Waals surface area contributed by atoms with Crippen molar-refractivity contribution < 1.29 is 4.57 Å². The highest BCUT2D eigenvalue weighted by Crippen LogP contribution is 2.30. The van der Waals surface area contributed by atoms with E-state index in [9.17, 15) is 0 Å². The van der Waals surface area contributed by atoms with E-state index in [-0.39, 0.29) is 0 Å². The fourth-order valence-electron chi connectivity index (χ4n) is 3.24. The summed E-state index contributed by atoms with van der Waals surface area (Å²) < 4.78 is 4.19. The summed E-state index contributed by atoms with van der Waals surface area (Å²) in [5, 5.41) is 0. The molecule has 0 fully saturated rings. The molecule has 0 saturated heterocycles. The highest BCUT2D eigenvalue weighted by molar-refractivity contribution is 5.51. The van der Waals surface area contributed by atoms with Crippen molar-refractivity contribution in [2.45, 2.75) is 53.4 Å². The molecule has 1 aromatic carbocycles. The van der Waals surface area contributed by atoms with Gasteiger partial charge in [-0.15, -0.1) is 9.97 Å².